The van der Waals surface area contributed by atoms with Crippen molar-refractivity contribution in [2.24, 2.45) is 0 Å². The van der Waals surface area contributed by atoms with Crippen LogP contribution in [0, 0.1) is 0 Å². The van der Waals surface area contributed by atoms with Crippen LogP contribution in [0.3, 0.4) is 0 Å². The highest BCUT2D eigenvalue weighted by Gasteiger charge is 2.40. The minimum atomic E-state index is -1.34. The van der Waals surface area contributed by atoms with Crippen LogP contribution >= 0.6 is 0 Å². The second-order valence-corrected chi connectivity index (χ2v) is 11.9. The fourth-order valence-corrected chi connectivity index (χ4v) is 5.43. The lowest BCUT2D eigenvalue weighted by molar-refractivity contribution is -0.140. The molecule has 266 valence electrons. The Morgan fingerprint density at radius 2 is 1.46 bits per heavy atom. The van der Waals surface area contributed by atoms with Crippen molar-refractivity contribution < 1.29 is 33.9 Å². The highest BCUT2D eigenvalue weighted by Crippen LogP contribution is 2.32. The number of carbonyl (C=O) groups is 6. The molecule has 5 amide bonds. The normalized spacial score (nSPS) is 17.2. The maximum atomic E-state index is 13.2. The van der Waals surface area contributed by atoms with E-state index in [0.29, 0.717) is 24.0 Å². The number of carboxylic acids is 1. The molecule has 2 heterocycles. The molecule has 0 saturated carbocycles. The number of imide groups is 1. The minimum Gasteiger partial charge on any atom is -0.481 e. The number of amides is 5. The van der Waals surface area contributed by atoms with Gasteiger partial charge in [0.2, 0.25) is 23.6 Å². The van der Waals surface area contributed by atoms with E-state index in [0.717, 1.165) is 32.1 Å². The predicted octanol–water partition coefficient (Wildman–Crippen LogP) is 5.82. The van der Waals surface area contributed by atoms with Crippen LogP contribution in [-0.2, 0) is 30.5 Å². The van der Waals surface area contributed by atoms with Crippen molar-refractivity contribution in [3.63, 3.8) is 0 Å². The molecular formula is C39H48N4O7. The van der Waals surface area contributed by atoms with Crippen molar-refractivity contribution in [2.75, 3.05) is 5.32 Å². The van der Waals surface area contributed by atoms with Gasteiger partial charge in [0, 0.05) is 36.2 Å². The number of benzene rings is 1. The number of allylic oxidation sites excluding steroid dienone is 12. The van der Waals surface area contributed by atoms with Crippen molar-refractivity contribution >= 4 is 41.2 Å². The van der Waals surface area contributed by atoms with Crippen molar-refractivity contribution in [3.8, 4) is 0 Å². The topological polar surface area (TPSA) is 162 Å². The van der Waals surface area contributed by atoms with Crippen LogP contribution in [0.1, 0.15) is 93.5 Å². The first-order valence-corrected chi connectivity index (χ1v) is 17.2. The molecule has 3 rings (SSSR count). The summed E-state index contributed by atoms with van der Waals surface area (Å²) in [5, 5.41) is 16.8. The van der Waals surface area contributed by atoms with Crippen LogP contribution in [0.25, 0.3) is 0 Å². The number of nitrogens with zero attached hydrogens (tertiary/aromatic N) is 1. The van der Waals surface area contributed by atoms with Crippen LogP contribution in [-0.4, -0.2) is 57.6 Å². The number of hydrogen-bond acceptors (Lipinski definition) is 6. The number of carboxylic acid groups (broad SMARTS) is 1. The van der Waals surface area contributed by atoms with Gasteiger partial charge in [0.25, 0.3) is 5.91 Å². The van der Waals surface area contributed by atoms with E-state index < -0.39 is 54.0 Å². The SMILES string of the molecule is CCC=CCC=CCC=CCC=CCC=CCC=CCCC(=O)NC(CC(=O)O)C(=O)Nc1cccc2c1CN(C1CCC(=O)NC1=O)C2=O. The van der Waals surface area contributed by atoms with E-state index in [1.165, 1.54) is 4.90 Å². The van der Waals surface area contributed by atoms with Crippen LogP contribution in [0.15, 0.2) is 91.1 Å². The highest BCUT2D eigenvalue weighted by molar-refractivity contribution is 6.07. The van der Waals surface area contributed by atoms with Gasteiger partial charge in [-0.1, -0.05) is 85.9 Å². The lowest BCUT2D eigenvalue weighted by Crippen LogP contribution is -2.52. The third kappa shape index (κ3) is 13.3. The second-order valence-electron chi connectivity index (χ2n) is 11.9. The Labute approximate surface area is 293 Å². The van der Waals surface area contributed by atoms with Gasteiger partial charge in [0.15, 0.2) is 0 Å². The summed E-state index contributed by atoms with van der Waals surface area (Å²) in [6.45, 7) is 2.15. The van der Waals surface area contributed by atoms with E-state index in [4.69, 9.17) is 0 Å². The molecule has 11 nitrogen and oxygen atoms in total. The Morgan fingerprint density at radius 1 is 0.880 bits per heavy atom. The summed E-state index contributed by atoms with van der Waals surface area (Å²) in [6, 6.07) is 2.54. The summed E-state index contributed by atoms with van der Waals surface area (Å²) in [5.41, 5.74) is 1.04. The van der Waals surface area contributed by atoms with Gasteiger partial charge < -0.3 is 20.6 Å². The molecule has 2 unspecified atom stereocenters. The molecule has 1 aromatic carbocycles. The molecule has 0 spiro atoms. The number of fused-ring (bicyclic) bond motifs is 1. The molecular weight excluding hydrogens is 636 g/mol. The number of carbonyl (C=O) groups excluding carboxylic acids is 5. The molecule has 0 bridgehead atoms. The summed E-state index contributed by atoms with van der Waals surface area (Å²) in [7, 11) is 0. The van der Waals surface area contributed by atoms with Gasteiger partial charge in [0.1, 0.15) is 12.1 Å². The lowest BCUT2D eigenvalue weighted by atomic mass is 10.0. The van der Waals surface area contributed by atoms with Crippen molar-refractivity contribution in [1.82, 2.24) is 15.5 Å². The fraction of sp³-hybridized carbons (Fsp3) is 0.385. The molecule has 1 saturated heterocycles. The Kier molecular flexibility index (Phi) is 16.9. The van der Waals surface area contributed by atoms with E-state index in [2.05, 4.69) is 77.6 Å². The lowest BCUT2D eigenvalue weighted by Gasteiger charge is -2.29. The number of rotatable bonds is 20. The van der Waals surface area contributed by atoms with E-state index >= 15 is 0 Å². The van der Waals surface area contributed by atoms with E-state index in [1.54, 1.807) is 18.2 Å². The van der Waals surface area contributed by atoms with E-state index in [1.807, 2.05) is 18.2 Å². The fourth-order valence-electron chi connectivity index (χ4n) is 5.43. The maximum absolute atomic E-state index is 13.2. The molecule has 0 radical (unpaired) electrons. The van der Waals surface area contributed by atoms with Crippen molar-refractivity contribution in [3.05, 3.63) is 102 Å². The van der Waals surface area contributed by atoms with Gasteiger partial charge in [-0.2, -0.15) is 0 Å². The summed E-state index contributed by atoms with van der Waals surface area (Å²) in [5.74, 6) is -3.83. The zero-order valence-electron chi connectivity index (χ0n) is 28.6. The Bertz CT molecular complexity index is 1550. The van der Waals surface area contributed by atoms with Gasteiger partial charge in [-0.25, -0.2) is 0 Å². The number of nitrogens with one attached hydrogen (secondary N) is 3. The molecule has 1 aromatic rings. The first-order chi connectivity index (χ1) is 24.2. The maximum Gasteiger partial charge on any atom is 0.305 e. The first kappa shape index (κ1) is 39.1. The van der Waals surface area contributed by atoms with Crippen LogP contribution in [0.5, 0.6) is 0 Å². The smallest absolute Gasteiger partial charge is 0.305 e. The zero-order chi connectivity index (χ0) is 36.1. The standard InChI is InChI=1S/C39H48N4O7/c1-2-3-4-5-6-7-8-9-10-11-12-13-14-15-16-17-18-19-20-24-34(44)40-32(27-36(46)47)37(48)41-31-23-21-22-29-30(31)28-43(39(29)50)33-25-26-35(45)42-38(33)49/h3-4,6-7,9-10,12-13,15-16,18-19,21-23,32-33H,2,5,8,11,14,17,20,24-28H2,1H3,(H,40,44)(H,41,48)(H,46,47)(H,42,45,49). The third-order valence-corrected chi connectivity index (χ3v) is 8.00. The molecule has 0 aromatic heterocycles. The quantitative estimate of drug-likeness (QED) is 0.0993. The number of hydrogen-bond donors (Lipinski definition) is 4. The Balaban J connectivity index is 1.39. The monoisotopic (exact) mass is 684 g/mol. The molecule has 11 heteroatoms. The number of aliphatic carboxylic acids is 1. The zero-order valence-corrected chi connectivity index (χ0v) is 28.6. The summed E-state index contributed by atoms with van der Waals surface area (Å²) >= 11 is 0. The van der Waals surface area contributed by atoms with Gasteiger partial charge in [-0.3, -0.25) is 34.1 Å². The van der Waals surface area contributed by atoms with Crippen LogP contribution < -0.4 is 16.0 Å². The number of piperidine rings is 1. The van der Waals surface area contributed by atoms with E-state index in [9.17, 15) is 33.9 Å². The molecule has 2 aliphatic heterocycles. The second kappa shape index (κ2) is 21.6. The van der Waals surface area contributed by atoms with E-state index in [-0.39, 0.29) is 31.5 Å². The predicted molar refractivity (Wildman–Crippen MR) is 193 cm³/mol. The molecule has 1 fully saturated rings. The summed E-state index contributed by atoms with van der Waals surface area (Å²) in [6.07, 6.45) is 30.8. The van der Waals surface area contributed by atoms with Gasteiger partial charge >= 0.3 is 5.97 Å². The molecule has 0 aliphatic carbocycles. The van der Waals surface area contributed by atoms with Crippen LogP contribution in [0.2, 0.25) is 0 Å². The summed E-state index contributed by atoms with van der Waals surface area (Å²) in [4.78, 5) is 75.7. The first-order valence-electron chi connectivity index (χ1n) is 17.2. The minimum absolute atomic E-state index is 0.0266. The Morgan fingerprint density at radius 3 is 2.02 bits per heavy atom. The van der Waals surface area contributed by atoms with Gasteiger partial charge in [0.05, 0.1) is 6.42 Å². The summed E-state index contributed by atoms with van der Waals surface area (Å²) < 4.78 is 0. The van der Waals surface area contributed by atoms with Gasteiger partial charge in [-0.05, 0) is 63.5 Å². The average Bonchev–Trinajstić information content (AvgIpc) is 3.41. The largest absolute Gasteiger partial charge is 0.481 e. The highest BCUT2D eigenvalue weighted by atomic mass is 16.4. The number of anilines is 1. The Hall–Kier alpha value is -5.32. The average molecular weight is 685 g/mol. The molecule has 2 aliphatic rings. The molecule has 2 atom stereocenters. The van der Waals surface area contributed by atoms with Crippen LogP contribution in [0.4, 0.5) is 5.69 Å². The van der Waals surface area contributed by atoms with Crippen molar-refractivity contribution in [2.45, 2.75) is 96.2 Å². The molecule has 4 N–H and O–H groups in total. The third-order valence-electron chi connectivity index (χ3n) is 8.00. The van der Waals surface area contributed by atoms with Crippen molar-refractivity contribution in [1.29, 1.82) is 0 Å². The van der Waals surface area contributed by atoms with Gasteiger partial charge in [-0.15, -0.1) is 0 Å². The molecule has 50 heavy (non-hydrogen) atoms.